The monoisotopic (exact) mass is 364 g/mol. The molecule has 0 N–H and O–H groups in total. The molecule has 0 atom stereocenters. The van der Waals surface area contributed by atoms with Crippen molar-refractivity contribution in [2.24, 2.45) is 0 Å². The normalized spacial score (nSPS) is 10.1. The van der Waals surface area contributed by atoms with Gasteiger partial charge in [-0.05, 0) is 30.3 Å². The van der Waals surface area contributed by atoms with Crippen LogP contribution in [0.3, 0.4) is 0 Å². The summed E-state index contributed by atoms with van der Waals surface area (Å²) in [6.07, 6.45) is 0. The number of benzene rings is 2. The Morgan fingerprint density at radius 1 is 1.00 bits per heavy atom. The first-order valence-corrected chi connectivity index (χ1v) is 7.06. The van der Waals surface area contributed by atoms with Crippen LogP contribution in [0, 0.1) is 20.2 Å². The van der Waals surface area contributed by atoms with E-state index in [4.69, 9.17) is 16.3 Å². The molecule has 0 bridgehead atoms. The Morgan fingerprint density at radius 2 is 1.64 bits per heavy atom. The van der Waals surface area contributed by atoms with Crippen LogP contribution in [0.25, 0.3) is 0 Å². The van der Waals surface area contributed by atoms with Gasteiger partial charge in [-0.25, -0.2) is 4.79 Å². The highest BCUT2D eigenvalue weighted by Gasteiger charge is 2.25. The molecule has 2 aromatic carbocycles. The van der Waals surface area contributed by atoms with Crippen molar-refractivity contribution in [1.82, 2.24) is 0 Å². The van der Waals surface area contributed by atoms with Crippen LogP contribution in [-0.4, -0.2) is 28.2 Å². The van der Waals surface area contributed by atoms with Gasteiger partial charge in [-0.2, -0.15) is 0 Å². The smallest absolute Gasteiger partial charge is 0.345 e. The molecule has 0 saturated heterocycles. The summed E-state index contributed by atoms with van der Waals surface area (Å²) in [6.45, 7) is -0.644. The summed E-state index contributed by atoms with van der Waals surface area (Å²) in [4.78, 5) is 43.8. The van der Waals surface area contributed by atoms with Gasteiger partial charge >= 0.3 is 5.97 Å². The molecule has 0 radical (unpaired) electrons. The number of Topliss-reactive ketones (excluding diaryl/α,β-unsaturated/α-hetero) is 1. The lowest BCUT2D eigenvalue weighted by Gasteiger charge is -2.05. The second-order valence-corrected chi connectivity index (χ2v) is 5.16. The Morgan fingerprint density at radius 3 is 2.20 bits per heavy atom. The molecule has 0 heterocycles. The summed E-state index contributed by atoms with van der Waals surface area (Å²) in [5, 5.41) is 22.1. The van der Waals surface area contributed by atoms with Crippen LogP contribution < -0.4 is 0 Å². The lowest BCUT2D eigenvalue weighted by Crippen LogP contribution is -2.15. The van der Waals surface area contributed by atoms with E-state index in [0.717, 1.165) is 12.1 Å². The van der Waals surface area contributed by atoms with Gasteiger partial charge in [0, 0.05) is 16.7 Å². The number of esters is 1. The summed E-state index contributed by atoms with van der Waals surface area (Å²) in [5.41, 5.74) is -1.56. The van der Waals surface area contributed by atoms with Crippen molar-refractivity contribution in [3.63, 3.8) is 0 Å². The van der Waals surface area contributed by atoms with Gasteiger partial charge in [0.05, 0.1) is 15.9 Å². The highest BCUT2D eigenvalue weighted by atomic mass is 35.5. The van der Waals surface area contributed by atoms with Gasteiger partial charge in [-0.15, -0.1) is 0 Å². The van der Waals surface area contributed by atoms with Crippen molar-refractivity contribution in [3.05, 3.63) is 78.8 Å². The van der Waals surface area contributed by atoms with Crippen LogP contribution >= 0.6 is 11.6 Å². The molecule has 0 aliphatic carbocycles. The number of nitrogens with zero attached hydrogens (tertiary/aromatic N) is 2. The van der Waals surface area contributed by atoms with E-state index in [9.17, 15) is 29.8 Å². The second kappa shape index (κ2) is 7.49. The third-order valence-corrected chi connectivity index (χ3v) is 3.36. The van der Waals surface area contributed by atoms with Crippen LogP contribution in [0.2, 0.25) is 5.02 Å². The number of nitro benzene ring substituents is 2. The zero-order chi connectivity index (χ0) is 18.6. The molecular weight excluding hydrogens is 356 g/mol. The Hall–Kier alpha value is -3.33. The fourth-order valence-corrected chi connectivity index (χ4v) is 2.01. The third kappa shape index (κ3) is 4.36. The summed E-state index contributed by atoms with van der Waals surface area (Å²) in [7, 11) is 0. The van der Waals surface area contributed by atoms with E-state index in [1.54, 1.807) is 0 Å². The van der Waals surface area contributed by atoms with E-state index >= 15 is 0 Å². The lowest BCUT2D eigenvalue weighted by molar-refractivity contribution is -0.394. The predicted molar refractivity (Wildman–Crippen MR) is 85.8 cm³/mol. The largest absolute Gasteiger partial charge is 0.454 e. The molecule has 25 heavy (non-hydrogen) atoms. The van der Waals surface area contributed by atoms with Crippen LogP contribution in [0.1, 0.15) is 20.7 Å². The van der Waals surface area contributed by atoms with Gasteiger partial charge in [0.1, 0.15) is 5.56 Å². The predicted octanol–water partition coefficient (Wildman–Crippen LogP) is 3.20. The van der Waals surface area contributed by atoms with Gasteiger partial charge < -0.3 is 4.74 Å². The van der Waals surface area contributed by atoms with Crippen molar-refractivity contribution < 1.29 is 24.2 Å². The standard InChI is InChI=1S/C15H9ClN2O7/c16-10-3-1-9(2-4-10)14(19)8-25-15(20)12-6-5-11(17(21)22)7-13(12)18(23)24/h1-7H,8H2. The summed E-state index contributed by atoms with van der Waals surface area (Å²) >= 11 is 5.70. The number of halogens is 1. The Balaban J connectivity index is 2.15. The average molecular weight is 365 g/mol. The first-order valence-electron chi connectivity index (χ1n) is 6.68. The first-order chi connectivity index (χ1) is 11.8. The molecule has 0 aromatic heterocycles. The van der Waals surface area contributed by atoms with Gasteiger partial charge in [0.15, 0.2) is 12.4 Å². The maximum absolute atomic E-state index is 12.0. The number of rotatable bonds is 6. The maximum atomic E-state index is 12.0. The number of carbonyl (C=O) groups excluding carboxylic acids is 2. The van der Waals surface area contributed by atoms with Crippen molar-refractivity contribution >= 4 is 34.7 Å². The van der Waals surface area contributed by atoms with Gasteiger partial charge in [-0.1, -0.05) is 11.6 Å². The SMILES string of the molecule is O=C(COC(=O)c1ccc([N+](=O)[O-])cc1[N+](=O)[O-])c1ccc(Cl)cc1. The molecule has 0 spiro atoms. The van der Waals surface area contributed by atoms with E-state index in [2.05, 4.69) is 0 Å². The zero-order valence-electron chi connectivity index (χ0n) is 12.4. The zero-order valence-corrected chi connectivity index (χ0v) is 13.1. The molecule has 0 unspecified atom stereocenters. The fraction of sp³-hybridized carbons (Fsp3) is 0.0667. The van der Waals surface area contributed by atoms with Gasteiger partial charge in [0.2, 0.25) is 0 Å². The number of hydrogen-bond acceptors (Lipinski definition) is 7. The number of hydrogen-bond donors (Lipinski definition) is 0. The molecular formula is C15H9ClN2O7. The Kier molecular flexibility index (Phi) is 5.40. The van der Waals surface area contributed by atoms with E-state index in [1.165, 1.54) is 24.3 Å². The summed E-state index contributed by atoms with van der Waals surface area (Å²) in [6, 6.07) is 8.34. The minimum absolute atomic E-state index is 0.246. The molecule has 9 nitrogen and oxygen atoms in total. The van der Waals surface area contributed by atoms with Crippen LogP contribution in [0.4, 0.5) is 11.4 Å². The highest BCUT2D eigenvalue weighted by Crippen LogP contribution is 2.25. The molecule has 0 fully saturated rings. The number of non-ortho nitro benzene ring substituents is 1. The molecule has 0 amide bonds. The quantitative estimate of drug-likeness (QED) is 0.333. The van der Waals surface area contributed by atoms with Crippen molar-refractivity contribution in [2.75, 3.05) is 6.61 Å². The van der Waals surface area contributed by atoms with Crippen molar-refractivity contribution in [3.8, 4) is 0 Å². The van der Waals surface area contributed by atoms with Gasteiger partial charge in [0.25, 0.3) is 11.4 Å². The minimum atomic E-state index is -1.14. The molecule has 128 valence electrons. The fourth-order valence-electron chi connectivity index (χ4n) is 1.89. The molecule has 0 saturated carbocycles. The summed E-state index contributed by atoms with van der Waals surface area (Å²) < 4.78 is 4.77. The molecule has 2 rings (SSSR count). The molecule has 10 heteroatoms. The second-order valence-electron chi connectivity index (χ2n) is 4.72. The van der Waals surface area contributed by atoms with Gasteiger partial charge in [-0.3, -0.25) is 25.0 Å². The number of ketones is 1. The van der Waals surface area contributed by atoms with Crippen LogP contribution in [0.15, 0.2) is 42.5 Å². The van der Waals surface area contributed by atoms with Crippen molar-refractivity contribution in [1.29, 1.82) is 0 Å². The van der Waals surface area contributed by atoms with E-state index < -0.39 is 45.1 Å². The maximum Gasteiger partial charge on any atom is 0.345 e. The van der Waals surface area contributed by atoms with E-state index in [-0.39, 0.29) is 5.56 Å². The third-order valence-electron chi connectivity index (χ3n) is 3.11. The molecule has 0 aliphatic rings. The average Bonchev–Trinajstić information content (AvgIpc) is 2.59. The van der Waals surface area contributed by atoms with E-state index in [0.29, 0.717) is 11.1 Å². The van der Waals surface area contributed by atoms with Crippen molar-refractivity contribution in [2.45, 2.75) is 0 Å². The Labute approximate surface area is 145 Å². The first kappa shape index (κ1) is 18.0. The van der Waals surface area contributed by atoms with Crippen LogP contribution in [0.5, 0.6) is 0 Å². The topological polar surface area (TPSA) is 130 Å². The minimum Gasteiger partial charge on any atom is -0.454 e. The molecule has 0 aliphatic heterocycles. The highest BCUT2D eigenvalue weighted by molar-refractivity contribution is 6.30. The molecule has 2 aromatic rings. The number of carbonyl (C=O) groups is 2. The number of nitro groups is 2. The Bertz CT molecular complexity index is 865. The summed E-state index contributed by atoms with van der Waals surface area (Å²) in [5.74, 6) is -1.67. The van der Waals surface area contributed by atoms with E-state index in [1.807, 2.05) is 0 Å². The van der Waals surface area contributed by atoms with Crippen LogP contribution in [-0.2, 0) is 4.74 Å². The number of ether oxygens (including phenoxy) is 1. The lowest BCUT2D eigenvalue weighted by atomic mass is 10.1.